The van der Waals surface area contributed by atoms with Crippen LogP contribution in [-0.2, 0) is 28.9 Å². The van der Waals surface area contributed by atoms with E-state index in [0.29, 0.717) is 36.8 Å². The third kappa shape index (κ3) is 4.72. The summed E-state index contributed by atoms with van der Waals surface area (Å²) in [6, 6.07) is 13.4. The number of aryl methyl sites for hydroxylation is 4. The third-order valence-electron chi connectivity index (χ3n) is 14.8. The van der Waals surface area contributed by atoms with Crippen molar-refractivity contribution in [3.05, 3.63) is 116 Å². The van der Waals surface area contributed by atoms with Crippen molar-refractivity contribution in [2.75, 3.05) is 0 Å². The molecule has 288 valence electrons. The maximum absolute atomic E-state index is 13.2. The van der Waals surface area contributed by atoms with E-state index >= 15 is 0 Å². The number of hydrogen-bond acceptors (Lipinski definition) is 4. The molecule has 10 rings (SSSR count). The molecule has 1 aromatic carbocycles. The van der Waals surface area contributed by atoms with E-state index in [1.807, 2.05) is 0 Å². The summed E-state index contributed by atoms with van der Waals surface area (Å²) in [5, 5.41) is 0. The van der Waals surface area contributed by atoms with Gasteiger partial charge < -0.3 is 9.97 Å². The number of benzene rings is 1. The molecule has 6 aliphatic rings. The van der Waals surface area contributed by atoms with Crippen LogP contribution in [-0.4, -0.2) is 35.8 Å². The fourth-order valence-corrected chi connectivity index (χ4v) is 12.3. The summed E-state index contributed by atoms with van der Waals surface area (Å²) < 4.78 is -1.06. The van der Waals surface area contributed by atoms with Gasteiger partial charge in [-0.3, -0.25) is 9.59 Å². The summed E-state index contributed by atoms with van der Waals surface area (Å²) in [6.45, 7) is 17.5. The molecule has 0 amide bonds. The number of fused-ring (bicyclic) bond motifs is 9. The molecule has 1 saturated carbocycles. The zero-order valence-corrected chi connectivity index (χ0v) is 35.3. The number of aromatic nitrogens is 4. The summed E-state index contributed by atoms with van der Waals surface area (Å²) in [7, 11) is 0. The Bertz CT molecular complexity index is 2910. The number of carbonyl (C=O) groups is 2. The number of nitrogens with zero attached hydrogens (tertiary/aromatic N) is 2. The average molecular weight is 794 g/mol. The van der Waals surface area contributed by atoms with Crippen LogP contribution in [0.15, 0.2) is 59.7 Å². The molecule has 0 radical (unpaired) electrons. The van der Waals surface area contributed by atoms with Gasteiger partial charge in [-0.2, -0.15) is 0 Å². The highest BCUT2D eigenvalue weighted by molar-refractivity contribution is 6.53. The van der Waals surface area contributed by atoms with Gasteiger partial charge in [0, 0.05) is 44.1 Å². The third-order valence-corrected chi connectivity index (χ3v) is 16.3. The smallest absolute Gasteiger partial charge is 0.182 e. The van der Waals surface area contributed by atoms with Crippen molar-refractivity contribution in [1.82, 2.24) is 19.9 Å². The number of alkyl halides is 2. The Labute approximate surface area is 343 Å². The van der Waals surface area contributed by atoms with Gasteiger partial charge in [-0.05, 0) is 172 Å². The van der Waals surface area contributed by atoms with Crippen molar-refractivity contribution in [3.8, 4) is 11.1 Å². The van der Waals surface area contributed by atoms with E-state index in [9.17, 15) is 9.59 Å². The van der Waals surface area contributed by atoms with Gasteiger partial charge >= 0.3 is 0 Å². The predicted molar refractivity (Wildman–Crippen MR) is 233 cm³/mol. The van der Waals surface area contributed by atoms with E-state index in [-0.39, 0.29) is 11.6 Å². The van der Waals surface area contributed by atoms with Crippen LogP contribution in [0.4, 0.5) is 0 Å². The van der Waals surface area contributed by atoms with E-state index < -0.39 is 15.2 Å². The summed E-state index contributed by atoms with van der Waals surface area (Å²) in [4.78, 5) is 44.6. The minimum Gasteiger partial charge on any atom is -0.355 e. The molecule has 4 aromatic rings. The normalized spacial score (nSPS) is 23.2. The molecule has 57 heavy (non-hydrogen) atoms. The Balaban J connectivity index is 1.23. The molecule has 0 spiro atoms. The standard InChI is InChI=1S/C49H46Cl2N4O2/c1-9-32-27(7)38-16-36-23(3)25(5)45(54-36)44(46-26(6)24(4)37(55-46)17-39-28(8)33(10-2)41(53-39)18-40(32)52-38)29-11-12-30-19-47-21-34-35(43(57)14-13-42(34)56)22-48(47,49(47,50)51)20-31(30)15-29/h11-18,52,54H,9-10,19-22H2,1-8H3/t47-,48+/m1/s1. The number of hydrogen-bond donors (Lipinski definition) is 2. The molecule has 2 N–H and O–H groups in total. The van der Waals surface area contributed by atoms with Gasteiger partial charge in [-0.1, -0.05) is 32.0 Å². The molecule has 2 atom stereocenters. The van der Waals surface area contributed by atoms with E-state index in [1.165, 1.54) is 56.7 Å². The SMILES string of the molecule is CCC1=C(C)c2cc3nc(c(-c4ccc5c(c4)C[C@]46CC7=C(C[C@@]4(C5)C6(Cl)Cl)C(=O)C=CC7=O)c4[nH]c(cc5[nH]c(cc1n2)c(CC)c5C)c(C)c4C)C(C)=C3C. The molecule has 1 fully saturated rings. The molecule has 2 aliphatic heterocycles. The van der Waals surface area contributed by atoms with Gasteiger partial charge in [0.15, 0.2) is 11.6 Å². The Morgan fingerprint density at radius 3 is 1.95 bits per heavy atom. The first-order valence-electron chi connectivity index (χ1n) is 20.3. The first kappa shape index (κ1) is 36.6. The van der Waals surface area contributed by atoms with Crippen molar-refractivity contribution in [2.24, 2.45) is 10.8 Å². The topological polar surface area (TPSA) is 91.5 Å². The number of nitrogens with one attached hydrogen (secondary N) is 2. The molecule has 0 saturated heterocycles. The highest BCUT2D eigenvalue weighted by Crippen LogP contribution is 2.86. The highest BCUT2D eigenvalue weighted by atomic mass is 35.5. The fraction of sp³-hybridized carbons (Fsp3) is 0.347. The van der Waals surface area contributed by atoms with E-state index in [2.05, 4.69) is 102 Å². The number of ketones is 2. The van der Waals surface area contributed by atoms with Crippen LogP contribution in [0.1, 0.15) is 110 Å². The van der Waals surface area contributed by atoms with Gasteiger partial charge in [-0.25, -0.2) is 9.97 Å². The maximum Gasteiger partial charge on any atom is 0.182 e. The molecule has 3 aromatic heterocycles. The lowest BCUT2D eigenvalue weighted by Crippen LogP contribution is -2.33. The van der Waals surface area contributed by atoms with Crippen LogP contribution in [0.3, 0.4) is 0 Å². The van der Waals surface area contributed by atoms with Crippen molar-refractivity contribution >= 4 is 79.1 Å². The van der Waals surface area contributed by atoms with Gasteiger partial charge in [0.25, 0.3) is 0 Å². The van der Waals surface area contributed by atoms with Gasteiger partial charge in [-0.15, -0.1) is 23.2 Å². The van der Waals surface area contributed by atoms with Gasteiger partial charge in [0.05, 0.1) is 28.3 Å². The lowest BCUT2D eigenvalue weighted by atomic mass is 9.65. The molecule has 8 heteroatoms. The van der Waals surface area contributed by atoms with Gasteiger partial charge in [0.2, 0.25) is 0 Å². The Hall–Kier alpha value is -4.78. The molecule has 6 nitrogen and oxygen atoms in total. The lowest BCUT2D eigenvalue weighted by molar-refractivity contribution is -0.116. The van der Waals surface area contributed by atoms with Crippen molar-refractivity contribution < 1.29 is 9.59 Å². The first-order chi connectivity index (χ1) is 27.1. The molecular formula is C49H46Cl2N4O2. The second-order valence-electron chi connectivity index (χ2n) is 17.3. The quantitative estimate of drug-likeness (QED) is 0.160. The van der Waals surface area contributed by atoms with Crippen LogP contribution < -0.4 is 0 Å². The van der Waals surface area contributed by atoms with Crippen LogP contribution in [0.5, 0.6) is 0 Å². The number of H-pyrrole nitrogens is 2. The largest absolute Gasteiger partial charge is 0.355 e. The number of halogens is 2. The number of aromatic amines is 2. The second-order valence-corrected chi connectivity index (χ2v) is 18.6. The fourth-order valence-electron chi connectivity index (χ4n) is 11.1. The second kappa shape index (κ2) is 12.1. The summed E-state index contributed by atoms with van der Waals surface area (Å²) in [5.41, 5.74) is 22.3. The van der Waals surface area contributed by atoms with E-state index in [0.717, 1.165) is 80.0 Å². The Morgan fingerprint density at radius 2 is 1.28 bits per heavy atom. The molecule has 8 bridgehead atoms. The number of rotatable bonds is 3. The van der Waals surface area contributed by atoms with Crippen molar-refractivity contribution in [3.63, 3.8) is 0 Å². The summed E-state index contributed by atoms with van der Waals surface area (Å²) in [6.07, 6.45) is 6.72. The summed E-state index contributed by atoms with van der Waals surface area (Å²) >= 11 is 14.7. The zero-order chi connectivity index (χ0) is 40.1. The maximum atomic E-state index is 13.2. The molecule has 0 unspecified atom stereocenters. The van der Waals surface area contributed by atoms with Crippen molar-refractivity contribution in [2.45, 2.75) is 98.2 Å². The first-order valence-corrected chi connectivity index (χ1v) is 21.0. The molecule has 5 heterocycles. The van der Waals surface area contributed by atoms with Crippen LogP contribution in [0.25, 0.3) is 55.5 Å². The van der Waals surface area contributed by atoms with Crippen LogP contribution in [0.2, 0.25) is 0 Å². The monoisotopic (exact) mass is 792 g/mol. The molecular weight excluding hydrogens is 747 g/mol. The highest BCUT2D eigenvalue weighted by Gasteiger charge is 2.87. The van der Waals surface area contributed by atoms with E-state index in [1.54, 1.807) is 0 Å². The molecule has 4 aliphatic carbocycles. The average Bonchev–Trinajstić information content (AvgIpc) is 3.64. The van der Waals surface area contributed by atoms with Crippen LogP contribution in [0, 0.1) is 31.6 Å². The Kier molecular flexibility index (Phi) is 7.78. The lowest BCUT2D eigenvalue weighted by Gasteiger charge is -2.36. The zero-order valence-electron chi connectivity index (χ0n) is 33.8. The number of carbonyl (C=O) groups excluding carboxylic acids is 2. The van der Waals surface area contributed by atoms with E-state index in [4.69, 9.17) is 33.2 Å². The number of allylic oxidation sites excluding steroid dienone is 8. The van der Waals surface area contributed by atoms with Crippen molar-refractivity contribution in [1.29, 1.82) is 0 Å². The summed E-state index contributed by atoms with van der Waals surface area (Å²) in [5.74, 6) is -0.190. The minimum atomic E-state index is -1.06. The predicted octanol–water partition coefficient (Wildman–Crippen LogP) is 11.8. The minimum absolute atomic E-state index is 0.0922. The van der Waals surface area contributed by atoms with Gasteiger partial charge in [0.1, 0.15) is 4.33 Å². The Morgan fingerprint density at radius 1 is 0.632 bits per heavy atom. The van der Waals surface area contributed by atoms with Crippen LogP contribution >= 0.6 is 23.2 Å².